The first-order valence-corrected chi connectivity index (χ1v) is 7.63. The normalized spacial score (nSPS) is 11.7. The van der Waals surface area contributed by atoms with E-state index in [4.69, 9.17) is 21.1 Å². The third-order valence-corrected chi connectivity index (χ3v) is 3.94. The molecule has 122 valence electrons. The van der Waals surface area contributed by atoms with Gasteiger partial charge in [0.05, 0.1) is 20.3 Å². The molecule has 0 radical (unpaired) electrons. The Morgan fingerprint density at radius 1 is 1.09 bits per heavy atom. The minimum atomic E-state index is -0.169. The molecule has 0 aliphatic heterocycles. The smallest absolute Gasteiger partial charge is 0.251 e. The lowest BCUT2D eigenvalue weighted by molar-refractivity contribution is 0.0940. The number of carbonyl (C=O) groups excluding carboxylic acids is 1. The lowest BCUT2D eigenvalue weighted by atomic mass is 10.0. The predicted molar refractivity (Wildman–Crippen MR) is 91.6 cm³/mol. The lowest BCUT2D eigenvalue weighted by Crippen LogP contribution is -2.27. The van der Waals surface area contributed by atoms with Crippen LogP contribution < -0.4 is 14.8 Å². The van der Waals surface area contributed by atoms with Crippen molar-refractivity contribution in [1.29, 1.82) is 0 Å². The molecular weight excluding hydrogens is 314 g/mol. The van der Waals surface area contributed by atoms with Gasteiger partial charge >= 0.3 is 0 Å². The Hall–Kier alpha value is -2.20. The number of aryl methyl sites for hydroxylation is 1. The number of nitrogens with one attached hydrogen (secondary N) is 1. The molecule has 1 atom stereocenters. The summed E-state index contributed by atoms with van der Waals surface area (Å²) in [7, 11) is 3.19. The number of amides is 1. The SMILES string of the molecule is COc1cc(C)c(C(C)NC(=O)c2ccc(Cl)cc2)cc1OC. The zero-order valence-corrected chi connectivity index (χ0v) is 14.4. The van der Waals surface area contributed by atoms with Crippen LogP contribution in [0.4, 0.5) is 0 Å². The molecule has 2 aromatic rings. The van der Waals surface area contributed by atoms with Crippen LogP contribution in [-0.2, 0) is 0 Å². The van der Waals surface area contributed by atoms with E-state index in [9.17, 15) is 4.79 Å². The van der Waals surface area contributed by atoms with Gasteiger partial charge in [-0.05, 0) is 61.4 Å². The Morgan fingerprint density at radius 3 is 2.22 bits per heavy atom. The van der Waals surface area contributed by atoms with Crippen molar-refractivity contribution in [2.75, 3.05) is 14.2 Å². The van der Waals surface area contributed by atoms with Crippen LogP contribution in [0.25, 0.3) is 0 Å². The Bertz CT molecular complexity index is 698. The van der Waals surface area contributed by atoms with Crippen molar-refractivity contribution in [2.45, 2.75) is 19.9 Å². The summed E-state index contributed by atoms with van der Waals surface area (Å²) < 4.78 is 10.6. The van der Waals surface area contributed by atoms with E-state index in [1.165, 1.54) is 0 Å². The molecule has 0 fully saturated rings. The Balaban J connectivity index is 2.21. The first-order chi connectivity index (χ1) is 11.0. The number of halogens is 1. The number of hydrogen-bond acceptors (Lipinski definition) is 3. The van der Waals surface area contributed by atoms with Gasteiger partial charge in [-0.25, -0.2) is 0 Å². The standard InChI is InChI=1S/C18H20ClNO3/c1-11-9-16(22-3)17(23-4)10-15(11)12(2)20-18(21)13-5-7-14(19)8-6-13/h5-10,12H,1-4H3,(H,20,21). The Morgan fingerprint density at radius 2 is 1.65 bits per heavy atom. The highest BCUT2D eigenvalue weighted by Gasteiger charge is 2.16. The fourth-order valence-electron chi connectivity index (χ4n) is 2.42. The van der Waals surface area contributed by atoms with Crippen molar-refractivity contribution < 1.29 is 14.3 Å². The second kappa shape index (κ2) is 7.38. The largest absolute Gasteiger partial charge is 0.493 e. The van der Waals surface area contributed by atoms with Crippen molar-refractivity contribution in [3.05, 3.63) is 58.1 Å². The molecule has 1 unspecified atom stereocenters. The highest BCUT2D eigenvalue weighted by atomic mass is 35.5. The number of ether oxygens (including phenoxy) is 2. The van der Waals surface area contributed by atoms with Crippen LogP contribution in [0.3, 0.4) is 0 Å². The van der Waals surface area contributed by atoms with Gasteiger partial charge in [0.15, 0.2) is 11.5 Å². The van der Waals surface area contributed by atoms with Gasteiger partial charge in [-0.3, -0.25) is 4.79 Å². The van der Waals surface area contributed by atoms with E-state index in [0.29, 0.717) is 22.1 Å². The summed E-state index contributed by atoms with van der Waals surface area (Å²) in [6.45, 7) is 3.91. The van der Waals surface area contributed by atoms with E-state index >= 15 is 0 Å². The van der Waals surface area contributed by atoms with Gasteiger partial charge in [-0.1, -0.05) is 11.6 Å². The summed E-state index contributed by atoms with van der Waals surface area (Å²) >= 11 is 5.84. The second-order valence-electron chi connectivity index (χ2n) is 5.27. The van der Waals surface area contributed by atoms with E-state index in [1.54, 1.807) is 38.5 Å². The summed E-state index contributed by atoms with van der Waals surface area (Å²) in [5.74, 6) is 1.16. The van der Waals surface area contributed by atoms with Crippen LogP contribution in [-0.4, -0.2) is 20.1 Å². The quantitative estimate of drug-likeness (QED) is 0.893. The molecule has 0 bridgehead atoms. The fourth-order valence-corrected chi connectivity index (χ4v) is 2.55. The molecule has 2 rings (SSSR count). The van der Waals surface area contributed by atoms with Gasteiger partial charge in [0, 0.05) is 10.6 Å². The van der Waals surface area contributed by atoms with Crippen LogP contribution >= 0.6 is 11.6 Å². The van der Waals surface area contributed by atoms with Gasteiger partial charge in [-0.15, -0.1) is 0 Å². The summed E-state index contributed by atoms with van der Waals surface area (Å²) in [4.78, 5) is 12.3. The Labute approximate surface area is 141 Å². The third-order valence-electron chi connectivity index (χ3n) is 3.69. The van der Waals surface area contributed by atoms with Gasteiger partial charge in [0.1, 0.15) is 0 Å². The summed E-state index contributed by atoms with van der Waals surface area (Å²) in [5.41, 5.74) is 2.57. The zero-order chi connectivity index (χ0) is 17.0. The minimum Gasteiger partial charge on any atom is -0.493 e. The van der Waals surface area contributed by atoms with Crippen molar-refractivity contribution in [3.63, 3.8) is 0 Å². The second-order valence-corrected chi connectivity index (χ2v) is 5.70. The van der Waals surface area contributed by atoms with Crippen LogP contribution in [0.2, 0.25) is 5.02 Å². The van der Waals surface area contributed by atoms with E-state index in [1.807, 2.05) is 26.0 Å². The van der Waals surface area contributed by atoms with Crippen molar-refractivity contribution in [1.82, 2.24) is 5.32 Å². The highest BCUT2D eigenvalue weighted by Crippen LogP contribution is 2.32. The van der Waals surface area contributed by atoms with E-state index in [2.05, 4.69) is 5.32 Å². The number of benzene rings is 2. The lowest BCUT2D eigenvalue weighted by Gasteiger charge is -2.19. The van der Waals surface area contributed by atoms with E-state index in [-0.39, 0.29) is 11.9 Å². The van der Waals surface area contributed by atoms with Gasteiger partial charge in [-0.2, -0.15) is 0 Å². The number of carbonyl (C=O) groups is 1. The first-order valence-electron chi connectivity index (χ1n) is 7.25. The molecule has 0 spiro atoms. The molecule has 0 saturated carbocycles. The molecule has 23 heavy (non-hydrogen) atoms. The monoisotopic (exact) mass is 333 g/mol. The van der Waals surface area contributed by atoms with Crippen molar-refractivity contribution in [2.24, 2.45) is 0 Å². The van der Waals surface area contributed by atoms with Crippen LogP contribution in [0.15, 0.2) is 36.4 Å². The Kier molecular flexibility index (Phi) is 5.50. The van der Waals surface area contributed by atoms with Gasteiger partial charge in [0.2, 0.25) is 0 Å². The van der Waals surface area contributed by atoms with Crippen molar-refractivity contribution >= 4 is 17.5 Å². The predicted octanol–water partition coefficient (Wildman–Crippen LogP) is 4.16. The molecule has 4 nitrogen and oxygen atoms in total. The molecule has 5 heteroatoms. The van der Waals surface area contributed by atoms with E-state index < -0.39 is 0 Å². The minimum absolute atomic E-state index is 0.150. The molecule has 2 aromatic carbocycles. The average molecular weight is 334 g/mol. The topological polar surface area (TPSA) is 47.6 Å². The molecular formula is C18H20ClNO3. The maximum atomic E-state index is 12.3. The summed E-state index contributed by atoms with van der Waals surface area (Å²) in [6, 6.07) is 10.4. The first kappa shape index (κ1) is 17.2. The molecule has 1 amide bonds. The molecule has 1 N–H and O–H groups in total. The third kappa shape index (κ3) is 3.96. The molecule has 0 aliphatic carbocycles. The average Bonchev–Trinajstić information content (AvgIpc) is 2.54. The zero-order valence-electron chi connectivity index (χ0n) is 13.6. The molecule has 0 saturated heterocycles. The maximum Gasteiger partial charge on any atom is 0.251 e. The van der Waals surface area contributed by atoms with Gasteiger partial charge in [0.25, 0.3) is 5.91 Å². The fraction of sp³-hybridized carbons (Fsp3) is 0.278. The number of methoxy groups -OCH3 is 2. The highest BCUT2D eigenvalue weighted by molar-refractivity contribution is 6.30. The van der Waals surface area contributed by atoms with Crippen LogP contribution in [0, 0.1) is 6.92 Å². The number of rotatable bonds is 5. The maximum absolute atomic E-state index is 12.3. The van der Waals surface area contributed by atoms with Gasteiger partial charge < -0.3 is 14.8 Å². The molecule has 0 aromatic heterocycles. The summed E-state index contributed by atoms with van der Waals surface area (Å²) in [5, 5.41) is 3.59. The van der Waals surface area contributed by atoms with Crippen LogP contribution in [0.5, 0.6) is 11.5 Å². The number of hydrogen-bond donors (Lipinski definition) is 1. The van der Waals surface area contributed by atoms with Crippen LogP contribution in [0.1, 0.15) is 34.5 Å². The molecule has 0 aliphatic rings. The van der Waals surface area contributed by atoms with E-state index in [0.717, 1.165) is 11.1 Å². The van der Waals surface area contributed by atoms with Crippen molar-refractivity contribution in [3.8, 4) is 11.5 Å². The molecule has 0 heterocycles. The summed E-state index contributed by atoms with van der Waals surface area (Å²) in [6.07, 6.45) is 0.